The van der Waals surface area contributed by atoms with Gasteiger partial charge in [0.2, 0.25) is 0 Å². The minimum Gasteiger partial charge on any atom is -0.300 e. The van der Waals surface area contributed by atoms with E-state index in [9.17, 15) is 0 Å². The number of halogens is 1. The number of hydrogen-bond donors (Lipinski definition) is 1. The third-order valence-electron chi connectivity index (χ3n) is 2.72. The highest BCUT2D eigenvalue weighted by molar-refractivity contribution is 9.10. The van der Waals surface area contributed by atoms with E-state index in [0.717, 1.165) is 5.56 Å². The molecule has 1 aromatic carbocycles. The number of aryl methyl sites for hydroxylation is 1. The lowest BCUT2D eigenvalue weighted by Crippen LogP contribution is -2.06. The first-order valence-electron chi connectivity index (χ1n) is 4.93. The Kier molecular flexibility index (Phi) is 3.21. The summed E-state index contributed by atoms with van der Waals surface area (Å²) in [6, 6.07) is 4.32. The summed E-state index contributed by atoms with van der Waals surface area (Å²) in [6.45, 7) is 0.492. The third kappa shape index (κ3) is 2.00. The second-order valence-electron chi connectivity index (χ2n) is 3.73. The summed E-state index contributed by atoms with van der Waals surface area (Å²) in [5.41, 5.74) is 4.08. The van der Waals surface area contributed by atoms with E-state index in [0.29, 0.717) is 6.61 Å². The molecule has 0 saturated carbocycles. The summed E-state index contributed by atoms with van der Waals surface area (Å²) in [4.78, 5) is 4.65. The highest BCUT2D eigenvalue weighted by atomic mass is 79.9. The summed E-state index contributed by atoms with van der Waals surface area (Å²) in [5.74, 6) is 5.07. The zero-order chi connectivity index (χ0) is 9.97. The van der Waals surface area contributed by atoms with E-state index in [2.05, 4.69) is 32.9 Å². The van der Waals surface area contributed by atoms with Gasteiger partial charge in [0.05, 0.1) is 6.61 Å². The van der Waals surface area contributed by atoms with Crippen LogP contribution in [0.3, 0.4) is 0 Å². The average Bonchev–Trinajstić information content (AvgIpc) is 2.18. The molecule has 0 saturated heterocycles. The quantitative estimate of drug-likeness (QED) is 0.826. The number of benzene rings is 1. The second-order valence-corrected chi connectivity index (χ2v) is 4.59. The van der Waals surface area contributed by atoms with Gasteiger partial charge in [-0.25, -0.2) is 5.90 Å². The molecule has 0 bridgehead atoms. The fourth-order valence-corrected chi connectivity index (χ4v) is 2.80. The molecule has 3 heteroatoms. The lowest BCUT2D eigenvalue weighted by atomic mass is 9.90. The van der Waals surface area contributed by atoms with Crippen LogP contribution in [0.4, 0.5) is 0 Å². The summed E-state index contributed by atoms with van der Waals surface area (Å²) >= 11 is 3.61. The van der Waals surface area contributed by atoms with Crippen molar-refractivity contribution in [2.45, 2.75) is 32.3 Å². The fourth-order valence-electron chi connectivity index (χ4n) is 2.06. The van der Waals surface area contributed by atoms with Gasteiger partial charge in [-0.3, -0.25) is 4.84 Å². The van der Waals surface area contributed by atoms with E-state index in [1.807, 2.05) is 0 Å². The number of nitrogens with two attached hydrogens (primary N) is 1. The van der Waals surface area contributed by atoms with Crippen LogP contribution in [-0.2, 0) is 24.3 Å². The zero-order valence-corrected chi connectivity index (χ0v) is 9.64. The van der Waals surface area contributed by atoms with Crippen LogP contribution >= 0.6 is 15.9 Å². The number of hydrogen-bond acceptors (Lipinski definition) is 2. The molecular weight excluding hydrogens is 242 g/mol. The van der Waals surface area contributed by atoms with E-state index in [1.165, 1.54) is 41.3 Å². The van der Waals surface area contributed by atoms with E-state index in [4.69, 9.17) is 5.90 Å². The van der Waals surface area contributed by atoms with Crippen molar-refractivity contribution in [3.63, 3.8) is 0 Å². The molecule has 1 aromatic rings. The Bertz CT molecular complexity index is 338. The van der Waals surface area contributed by atoms with Crippen LogP contribution in [-0.4, -0.2) is 0 Å². The van der Waals surface area contributed by atoms with Crippen molar-refractivity contribution < 1.29 is 4.84 Å². The standard InChI is InChI=1S/C11H14BrNO/c12-11-6-8(7-14-13)5-9-3-1-2-4-10(9)11/h5-6H,1-4,7,13H2. The van der Waals surface area contributed by atoms with Gasteiger partial charge < -0.3 is 0 Å². The predicted molar refractivity (Wildman–Crippen MR) is 59.8 cm³/mol. The smallest absolute Gasteiger partial charge is 0.0930 e. The minimum atomic E-state index is 0.492. The molecule has 0 aliphatic heterocycles. The van der Waals surface area contributed by atoms with E-state index in [-0.39, 0.29) is 0 Å². The maximum absolute atomic E-state index is 5.07. The van der Waals surface area contributed by atoms with Crippen LogP contribution < -0.4 is 5.90 Å². The maximum Gasteiger partial charge on any atom is 0.0930 e. The lowest BCUT2D eigenvalue weighted by molar-refractivity contribution is 0.124. The summed E-state index contributed by atoms with van der Waals surface area (Å²) < 4.78 is 1.21. The first kappa shape index (κ1) is 10.1. The molecular formula is C11H14BrNO. The first-order valence-corrected chi connectivity index (χ1v) is 5.72. The Morgan fingerprint density at radius 1 is 1.29 bits per heavy atom. The van der Waals surface area contributed by atoms with Gasteiger partial charge in [0.1, 0.15) is 0 Å². The molecule has 14 heavy (non-hydrogen) atoms. The average molecular weight is 256 g/mol. The predicted octanol–water partition coefficient (Wildman–Crippen LogP) is 2.72. The molecule has 0 atom stereocenters. The normalized spacial score (nSPS) is 15.3. The van der Waals surface area contributed by atoms with Gasteiger partial charge in [-0.1, -0.05) is 22.0 Å². The fraction of sp³-hybridized carbons (Fsp3) is 0.455. The molecule has 0 spiro atoms. The van der Waals surface area contributed by atoms with Crippen molar-refractivity contribution in [1.29, 1.82) is 0 Å². The molecule has 0 unspecified atom stereocenters. The van der Waals surface area contributed by atoms with E-state index < -0.39 is 0 Å². The largest absolute Gasteiger partial charge is 0.300 e. The summed E-state index contributed by atoms with van der Waals surface area (Å²) in [6.07, 6.45) is 4.98. The van der Waals surface area contributed by atoms with Crippen molar-refractivity contribution in [2.24, 2.45) is 5.90 Å². The van der Waals surface area contributed by atoms with E-state index >= 15 is 0 Å². The van der Waals surface area contributed by atoms with Crippen LogP contribution in [0.1, 0.15) is 29.5 Å². The second kappa shape index (κ2) is 4.43. The van der Waals surface area contributed by atoms with Crippen LogP contribution in [0.5, 0.6) is 0 Å². The van der Waals surface area contributed by atoms with Crippen molar-refractivity contribution in [3.05, 3.63) is 33.3 Å². The minimum absolute atomic E-state index is 0.492. The Morgan fingerprint density at radius 3 is 2.86 bits per heavy atom. The summed E-state index contributed by atoms with van der Waals surface area (Å²) in [7, 11) is 0. The van der Waals surface area contributed by atoms with Gasteiger partial charge >= 0.3 is 0 Å². The first-order chi connectivity index (χ1) is 6.81. The van der Waals surface area contributed by atoms with Gasteiger partial charge in [0.15, 0.2) is 0 Å². The van der Waals surface area contributed by atoms with Gasteiger partial charge in [-0.05, 0) is 48.4 Å². The number of rotatable bonds is 2. The zero-order valence-electron chi connectivity index (χ0n) is 8.05. The van der Waals surface area contributed by atoms with Crippen molar-refractivity contribution >= 4 is 15.9 Å². The highest BCUT2D eigenvalue weighted by Gasteiger charge is 2.13. The van der Waals surface area contributed by atoms with Crippen molar-refractivity contribution in [1.82, 2.24) is 0 Å². The van der Waals surface area contributed by atoms with Gasteiger partial charge in [0.25, 0.3) is 0 Å². The Hall–Kier alpha value is -0.380. The molecule has 2 N–H and O–H groups in total. The molecule has 0 fully saturated rings. The molecule has 2 nitrogen and oxygen atoms in total. The monoisotopic (exact) mass is 255 g/mol. The Morgan fingerprint density at radius 2 is 2.07 bits per heavy atom. The van der Waals surface area contributed by atoms with E-state index in [1.54, 1.807) is 0 Å². The molecule has 0 aromatic heterocycles. The molecule has 1 aliphatic carbocycles. The van der Waals surface area contributed by atoms with Crippen LogP contribution in [0.15, 0.2) is 16.6 Å². The highest BCUT2D eigenvalue weighted by Crippen LogP contribution is 2.29. The van der Waals surface area contributed by atoms with Crippen molar-refractivity contribution in [2.75, 3.05) is 0 Å². The molecule has 0 radical (unpaired) electrons. The van der Waals surface area contributed by atoms with Crippen LogP contribution in [0.2, 0.25) is 0 Å². The molecule has 76 valence electrons. The van der Waals surface area contributed by atoms with Crippen molar-refractivity contribution in [3.8, 4) is 0 Å². The van der Waals surface area contributed by atoms with Gasteiger partial charge in [-0.15, -0.1) is 0 Å². The topological polar surface area (TPSA) is 35.2 Å². The maximum atomic E-state index is 5.07. The SMILES string of the molecule is NOCc1cc(Br)c2c(c1)CCCC2. The molecule has 0 amide bonds. The third-order valence-corrected chi connectivity index (χ3v) is 3.43. The van der Waals surface area contributed by atoms with Gasteiger partial charge in [-0.2, -0.15) is 0 Å². The molecule has 0 heterocycles. The summed E-state index contributed by atoms with van der Waals surface area (Å²) in [5, 5.41) is 0. The van der Waals surface area contributed by atoms with Gasteiger partial charge in [0, 0.05) is 4.47 Å². The lowest BCUT2D eigenvalue weighted by Gasteiger charge is -2.18. The Labute approximate surface area is 92.5 Å². The molecule has 1 aliphatic rings. The number of fused-ring (bicyclic) bond motifs is 1. The van der Waals surface area contributed by atoms with Crippen LogP contribution in [0, 0.1) is 0 Å². The molecule has 2 rings (SSSR count). The Balaban J connectivity index is 2.36. The van der Waals surface area contributed by atoms with Crippen LogP contribution in [0.25, 0.3) is 0 Å².